The molecular weight excluding hydrogens is 296 g/mol. The molecule has 0 radical (unpaired) electrons. The van der Waals surface area contributed by atoms with Gasteiger partial charge in [-0.25, -0.2) is 4.79 Å². The van der Waals surface area contributed by atoms with Crippen LogP contribution < -0.4 is 0 Å². The van der Waals surface area contributed by atoms with Crippen LogP contribution in [0.15, 0.2) is 24.9 Å². The van der Waals surface area contributed by atoms with Crippen molar-refractivity contribution in [1.29, 1.82) is 0 Å². The van der Waals surface area contributed by atoms with Gasteiger partial charge in [-0.15, -0.1) is 0 Å². The van der Waals surface area contributed by atoms with E-state index in [1.165, 1.54) is 13.2 Å². The van der Waals surface area contributed by atoms with Crippen molar-refractivity contribution in [1.82, 2.24) is 9.47 Å². The van der Waals surface area contributed by atoms with E-state index in [1.807, 2.05) is 7.05 Å². The molecule has 0 aliphatic heterocycles. The molecule has 1 aromatic heterocycles. The number of nitrogens with zero attached hydrogens (tertiary/aromatic N) is 2. The quantitative estimate of drug-likeness (QED) is 0.661. The molecule has 1 saturated carbocycles. The molecule has 1 aliphatic carbocycles. The van der Waals surface area contributed by atoms with Crippen LogP contribution in [0.5, 0.6) is 0 Å². The van der Waals surface area contributed by atoms with Crippen molar-refractivity contribution in [2.45, 2.75) is 44.4 Å². The number of aliphatic hydroxyl groups excluding tert-OH is 1. The van der Waals surface area contributed by atoms with Crippen LogP contribution in [0.1, 0.15) is 41.7 Å². The van der Waals surface area contributed by atoms with Gasteiger partial charge in [0.05, 0.1) is 31.4 Å². The van der Waals surface area contributed by atoms with Crippen molar-refractivity contribution in [2.75, 3.05) is 7.11 Å². The van der Waals surface area contributed by atoms with E-state index in [-0.39, 0.29) is 11.9 Å². The fourth-order valence-electron chi connectivity index (χ4n) is 3.10. The fourth-order valence-corrected chi connectivity index (χ4v) is 3.10. The van der Waals surface area contributed by atoms with E-state index in [9.17, 15) is 14.7 Å². The summed E-state index contributed by atoms with van der Waals surface area (Å²) >= 11 is 0. The molecule has 0 spiro atoms. The van der Waals surface area contributed by atoms with Gasteiger partial charge in [0.1, 0.15) is 0 Å². The lowest BCUT2D eigenvalue weighted by Crippen LogP contribution is -2.47. The van der Waals surface area contributed by atoms with Crippen molar-refractivity contribution < 1.29 is 19.4 Å². The summed E-state index contributed by atoms with van der Waals surface area (Å²) in [7, 11) is 3.15. The molecule has 1 amide bonds. The number of carbonyl (C=O) groups excluding carboxylic acids is 2. The largest absolute Gasteiger partial charge is 0.465 e. The normalized spacial score (nSPS) is 20.8. The smallest absolute Gasteiger partial charge is 0.339 e. The first kappa shape index (κ1) is 17.3. The summed E-state index contributed by atoms with van der Waals surface area (Å²) in [6, 6.07) is 1.50. The van der Waals surface area contributed by atoms with Crippen LogP contribution >= 0.6 is 0 Å². The van der Waals surface area contributed by atoms with Crippen LogP contribution in [0.2, 0.25) is 0 Å². The number of hydrogen-bond donors (Lipinski definition) is 1. The first-order chi connectivity index (χ1) is 11.0. The Balaban J connectivity index is 2.24. The number of aromatic nitrogens is 1. The third kappa shape index (κ3) is 3.82. The average Bonchev–Trinajstić information content (AvgIpc) is 2.92. The van der Waals surface area contributed by atoms with Crippen LogP contribution in [-0.2, 0) is 23.1 Å². The molecule has 1 fully saturated rings. The van der Waals surface area contributed by atoms with Crippen molar-refractivity contribution in [3.8, 4) is 0 Å². The summed E-state index contributed by atoms with van der Waals surface area (Å²) in [6.07, 6.45) is 5.86. The minimum Gasteiger partial charge on any atom is -0.465 e. The minimum absolute atomic E-state index is 0.211. The van der Waals surface area contributed by atoms with E-state index >= 15 is 0 Å². The zero-order chi connectivity index (χ0) is 17.0. The van der Waals surface area contributed by atoms with Gasteiger partial charge in [0.15, 0.2) is 0 Å². The van der Waals surface area contributed by atoms with Crippen molar-refractivity contribution in [3.05, 3.63) is 36.2 Å². The zero-order valence-corrected chi connectivity index (χ0v) is 13.7. The molecule has 6 nitrogen and oxygen atoms in total. The first-order valence-corrected chi connectivity index (χ1v) is 7.82. The van der Waals surface area contributed by atoms with Gasteiger partial charge < -0.3 is 19.3 Å². The van der Waals surface area contributed by atoms with Gasteiger partial charge in [-0.1, -0.05) is 19.4 Å². The summed E-state index contributed by atoms with van der Waals surface area (Å²) in [5, 5.41) is 10.3. The first-order valence-electron chi connectivity index (χ1n) is 7.82. The molecule has 1 aliphatic rings. The number of aryl methyl sites for hydroxylation is 1. The Bertz CT molecular complexity index is 593. The number of hydrogen-bond acceptors (Lipinski definition) is 4. The predicted octanol–water partition coefficient (Wildman–Crippen LogP) is 1.63. The Labute approximate surface area is 136 Å². The van der Waals surface area contributed by atoms with Gasteiger partial charge in [0, 0.05) is 18.9 Å². The maximum Gasteiger partial charge on any atom is 0.339 e. The topological polar surface area (TPSA) is 71.8 Å². The number of aliphatic hydroxyl groups is 1. The molecule has 0 aromatic carbocycles. The molecular formula is C17H24N2O4. The highest BCUT2D eigenvalue weighted by Crippen LogP contribution is 2.25. The average molecular weight is 320 g/mol. The zero-order valence-electron chi connectivity index (χ0n) is 13.7. The molecule has 126 valence electrons. The lowest BCUT2D eigenvalue weighted by molar-refractivity contribution is -0.133. The molecule has 1 aromatic rings. The van der Waals surface area contributed by atoms with Gasteiger partial charge >= 0.3 is 5.97 Å². The van der Waals surface area contributed by atoms with Gasteiger partial charge in [0.2, 0.25) is 5.91 Å². The number of ether oxygens (including phenoxy) is 1. The molecule has 0 saturated heterocycles. The standard InChI is InChI=1S/C17H24N2O4/c1-4-16(21)19(14-7-5-6-8-15(14)20)11-13-9-12(10-18(13)2)17(22)23-3/h4,9-10,14-15,20H,1,5-8,11H2,2-3H3/t14-,15-/m1/s1. The number of methoxy groups -OCH3 is 1. The highest BCUT2D eigenvalue weighted by atomic mass is 16.5. The fraction of sp³-hybridized carbons (Fsp3) is 0.529. The maximum absolute atomic E-state index is 12.3. The molecule has 0 unspecified atom stereocenters. The molecule has 2 rings (SSSR count). The van der Waals surface area contributed by atoms with E-state index in [4.69, 9.17) is 4.74 Å². The predicted molar refractivity (Wildman–Crippen MR) is 85.8 cm³/mol. The summed E-state index contributed by atoms with van der Waals surface area (Å²) in [5.41, 5.74) is 1.25. The van der Waals surface area contributed by atoms with Crippen molar-refractivity contribution >= 4 is 11.9 Å². The Hall–Kier alpha value is -2.08. The Morgan fingerprint density at radius 2 is 2.17 bits per heavy atom. The third-order valence-corrected chi connectivity index (χ3v) is 4.41. The van der Waals surface area contributed by atoms with Crippen LogP contribution in [0, 0.1) is 0 Å². The number of esters is 1. The van der Waals surface area contributed by atoms with Crippen molar-refractivity contribution in [3.63, 3.8) is 0 Å². The molecule has 1 heterocycles. The molecule has 0 bridgehead atoms. The van der Waals surface area contributed by atoms with E-state index in [2.05, 4.69) is 6.58 Å². The Morgan fingerprint density at radius 1 is 1.48 bits per heavy atom. The minimum atomic E-state index is -0.520. The van der Waals surface area contributed by atoms with Gasteiger partial charge in [0.25, 0.3) is 0 Å². The van der Waals surface area contributed by atoms with Gasteiger partial charge in [-0.05, 0) is 25.0 Å². The van der Waals surface area contributed by atoms with Crippen LogP contribution in [-0.4, -0.2) is 45.7 Å². The lowest BCUT2D eigenvalue weighted by atomic mass is 9.91. The van der Waals surface area contributed by atoms with Crippen LogP contribution in [0.3, 0.4) is 0 Å². The SMILES string of the molecule is C=CC(=O)N(Cc1cc(C(=O)OC)cn1C)[C@@H]1CCCC[C@H]1O. The van der Waals surface area contributed by atoms with E-state index in [0.717, 1.165) is 25.0 Å². The maximum atomic E-state index is 12.3. The van der Waals surface area contributed by atoms with Gasteiger partial charge in [-0.2, -0.15) is 0 Å². The van der Waals surface area contributed by atoms with Crippen LogP contribution in [0.4, 0.5) is 0 Å². The second-order valence-electron chi connectivity index (χ2n) is 5.91. The van der Waals surface area contributed by atoms with E-state index in [1.54, 1.807) is 21.7 Å². The molecule has 1 N–H and O–H groups in total. The number of carbonyl (C=O) groups is 2. The highest BCUT2D eigenvalue weighted by Gasteiger charge is 2.31. The summed E-state index contributed by atoms with van der Waals surface area (Å²) < 4.78 is 6.52. The number of rotatable bonds is 5. The summed E-state index contributed by atoms with van der Waals surface area (Å²) in [4.78, 5) is 25.5. The van der Waals surface area contributed by atoms with Crippen molar-refractivity contribution in [2.24, 2.45) is 7.05 Å². The second kappa shape index (κ2) is 7.46. The molecule has 23 heavy (non-hydrogen) atoms. The summed E-state index contributed by atoms with van der Waals surface area (Å²) in [5.74, 6) is -0.622. The second-order valence-corrected chi connectivity index (χ2v) is 5.91. The lowest BCUT2D eigenvalue weighted by Gasteiger charge is -2.37. The molecule has 2 atom stereocenters. The Kier molecular flexibility index (Phi) is 5.60. The van der Waals surface area contributed by atoms with Crippen LogP contribution in [0.25, 0.3) is 0 Å². The third-order valence-electron chi connectivity index (χ3n) is 4.41. The van der Waals surface area contributed by atoms with E-state index < -0.39 is 12.1 Å². The van der Waals surface area contributed by atoms with Gasteiger partial charge in [-0.3, -0.25) is 4.79 Å². The number of amides is 1. The Morgan fingerprint density at radius 3 is 2.78 bits per heavy atom. The monoisotopic (exact) mass is 320 g/mol. The van der Waals surface area contributed by atoms with E-state index in [0.29, 0.717) is 18.5 Å². The molecule has 6 heteroatoms. The highest BCUT2D eigenvalue weighted by molar-refractivity contribution is 5.89. The summed E-state index contributed by atoms with van der Waals surface area (Å²) in [6.45, 7) is 3.88.